The first kappa shape index (κ1) is 45.7. The number of carbonyl (C=O) groups excluding carboxylic acids is 2. The van der Waals surface area contributed by atoms with Crippen LogP contribution >= 0.6 is 11.6 Å². The molecule has 3 N–H and O–H groups in total. The minimum Gasteiger partial charge on any atom is -0.390 e. The van der Waals surface area contributed by atoms with E-state index in [0.717, 1.165) is 5.56 Å². The summed E-state index contributed by atoms with van der Waals surface area (Å²) < 4.78 is 32.5. The third kappa shape index (κ3) is 10.5. The molecule has 66 heavy (non-hydrogen) atoms. The fourth-order valence-electron chi connectivity index (χ4n) is 8.06. The number of likely N-dealkylation sites (N-methyl/N-ethyl adjacent to an activating group) is 1. The highest BCUT2D eigenvalue weighted by Gasteiger charge is 2.34. The standard InChI is InChI=1S/C47H48ClF2N11O5/c1-4-29(37-13-16-52-47(55-37)57-43-15-18-53-59(43)3)23-44(63)58(2)40(31-11-12-34(48)35(49)21-31)27-65-66-28-41(30-9-6-5-7-10-30)61-20-8-19-60-26-32(22-39(60)45(61)64)38-14-17-51-46(56-38)54-33-24-36(50)42(62)25-33/h4-7,9-18,21-23,26,33,36,40-42,62H,1,8,19-20,24-25,27-28H2,2-3H3,(H,51,54,56)(H,52,55,57)/b29-23+/t33-,36-,40+,41+,42-/m0/s1. The van der Waals surface area contributed by atoms with E-state index < -0.39 is 36.1 Å². The molecule has 1 aliphatic carbocycles. The van der Waals surface area contributed by atoms with E-state index in [2.05, 4.69) is 42.2 Å². The van der Waals surface area contributed by atoms with Gasteiger partial charge in [-0.05, 0) is 54.3 Å². The van der Waals surface area contributed by atoms with Gasteiger partial charge in [0.2, 0.25) is 17.8 Å². The van der Waals surface area contributed by atoms with Crippen LogP contribution in [0.1, 0.15) is 58.7 Å². The molecule has 1 fully saturated rings. The molecule has 2 aliphatic rings. The van der Waals surface area contributed by atoms with Crippen LogP contribution in [0.15, 0.2) is 116 Å². The van der Waals surface area contributed by atoms with Gasteiger partial charge >= 0.3 is 0 Å². The Morgan fingerprint density at radius 3 is 2.53 bits per heavy atom. The smallest absolute Gasteiger partial charge is 0.271 e. The Kier molecular flexibility index (Phi) is 14.2. The summed E-state index contributed by atoms with van der Waals surface area (Å²) in [5.41, 5.74) is 3.77. The lowest BCUT2D eigenvalue weighted by atomic mass is 10.1. The van der Waals surface area contributed by atoms with Gasteiger partial charge in [-0.3, -0.25) is 14.3 Å². The highest BCUT2D eigenvalue weighted by atomic mass is 35.5. The number of halogens is 3. The zero-order chi connectivity index (χ0) is 46.3. The number of aromatic nitrogens is 7. The van der Waals surface area contributed by atoms with Gasteiger partial charge < -0.3 is 30.1 Å². The number of nitrogens with one attached hydrogen (secondary N) is 2. The molecule has 8 rings (SSSR count). The molecule has 16 nitrogen and oxygen atoms in total. The molecule has 1 aliphatic heterocycles. The Hall–Kier alpha value is -6.86. The fraction of sp³-hybridized carbons (Fsp3) is 0.298. The highest BCUT2D eigenvalue weighted by molar-refractivity contribution is 6.30. The van der Waals surface area contributed by atoms with E-state index in [1.165, 1.54) is 29.2 Å². The monoisotopic (exact) mass is 919 g/mol. The molecule has 0 saturated heterocycles. The predicted octanol–water partition coefficient (Wildman–Crippen LogP) is 7.28. The quantitative estimate of drug-likeness (QED) is 0.0274. The van der Waals surface area contributed by atoms with Crippen molar-refractivity contribution in [3.05, 3.63) is 150 Å². The number of aliphatic hydroxyl groups excluding tert-OH is 1. The average Bonchev–Trinajstić information content (AvgIpc) is 4.00. The van der Waals surface area contributed by atoms with Crippen LogP contribution in [-0.4, -0.2) is 106 Å². The summed E-state index contributed by atoms with van der Waals surface area (Å²) >= 11 is 6.06. The first-order valence-electron chi connectivity index (χ1n) is 21.3. The first-order chi connectivity index (χ1) is 31.9. The second kappa shape index (κ2) is 20.5. The molecule has 0 radical (unpaired) electrons. The van der Waals surface area contributed by atoms with Gasteiger partial charge in [-0.15, -0.1) is 0 Å². The van der Waals surface area contributed by atoms with Crippen molar-refractivity contribution in [3.63, 3.8) is 0 Å². The topological polar surface area (TPSA) is 178 Å². The number of nitrogens with zero attached hydrogens (tertiary/aromatic N) is 9. The molecule has 2 aromatic carbocycles. The van der Waals surface area contributed by atoms with Gasteiger partial charge in [0, 0.05) is 81.5 Å². The molecule has 0 spiro atoms. The number of aliphatic hydroxyl groups is 1. The summed E-state index contributed by atoms with van der Waals surface area (Å²) in [4.78, 5) is 61.2. The number of allylic oxidation sites excluding steroid dienone is 2. The molecule has 19 heteroatoms. The fourth-order valence-corrected chi connectivity index (χ4v) is 8.18. The maximum Gasteiger partial charge on any atom is 0.271 e. The van der Waals surface area contributed by atoms with Crippen LogP contribution < -0.4 is 10.6 Å². The highest BCUT2D eigenvalue weighted by Crippen LogP contribution is 2.32. The van der Waals surface area contributed by atoms with E-state index in [0.29, 0.717) is 65.1 Å². The Morgan fingerprint density at radius 2 is 1.79 bits per heavy atom. The lowest BCUT2D eigenvalue weighted by Gasteiger charge is -2.31. The zero-order valence-electron chi connectivity index (χ0n) is 36.2. The van der Waals surface area contributed by atoms with Crippen LogP contribution in [-0.2, 0) is 28.2 Å². The van der Waals surface area contributed by atoms with Gasteiger partial charge in [-0.2, -0.15) is 5.10 Å². The summed E-state index contributed by atoms with van der Waals surface area (Å²) in [6.07, 6.45) is 8.25. The van der Waals surface area contributed by atoms with Gasteiger partial charge in [0.1, 0.15) is 36.7 Å². The molecular formula is C47H48ClF2N11O5. The van der Waals surface area contributed by atoms with Crippen LogP contribution in [0.2, 0.25) is 5.02 Å². The summed E-state index contributed by atoms with van der Waals surface area (Å²) in [7, 11) is 3.33. The van der Waals surface area contributed by atoms with Crippen molar-refractivity contribution in [2.24, 2.45) is 7.05 Å². The Balaban J connectivity index is 0.981. The van der Waals surface area contributed by atoms with E-state index in [-0.39, 0.29) is 49.0 Å². The van der Waals surface area contributed by atoms with Crippen LogP contribution in [0, 0.1) is 5.82 Å². The van der Waals surface area contributed by atoms with Gasteiger partial charge in [-0.1, -0.05) is 60.7 Å². The molecule has 6 aromatic rings. The van der Waals surface area contributed by atoms with E-state index >= 15 is 0 Å². The molecule has 0 bridgehead atoms. The van der Waals surface area contributed by atoms with E-state index in [1.807, 2.05) is 41.1 Å². The molecule has 342 valence electrons. The van der Waals surface area contributed by atoms with Crippen LogP contribution in [0.3, 0.4) is 0 Å². The van der Waals surface area contributed by atoms with Crippen molar-refractivity contribution in [1.82, 2.24) is 44.1 Å². The Bertz CT molecular complexity index is 2710. The van der Waals surface area contributed by atoms with Crippen molar-refractivity contribution >= 4 is 46.7 Å². The van der Waals surface area contributed by atoms with Crippen LogP contribution in [0.4, 0.5) is 26.5 Å². The maximum atomic E-state index is 14.9. The average molecular weight is 920 g/mol. The van der Waals surface area contributed by atoms with Gasteiger partial charge in [0.05, 0.1) is 40.8 Å². The number of rotatable bonds is 17. The van der Waals surface area contributed by atoms with Crippen molar-refractivity contribution < 1.29 is 33.3 Å². The molecule has 5 heterocycles. The first-order valence-corrected chi connectivity index (χ1v) is 21.7. The molecule has 1 saturated carbocycles. The molecule has 4 aromatic heterocycles. The second-order valence-corrected chi connectivity index (χ2v) is 16.4. The number of fused-ring (bicyclic) bond motifs is 1. The summed E-state index contributed by atoms with van der Waals surface area (Å²) in [5, 5.41) is 20.2. The number of alkyl halides is 1. The normalized spacial score (nSPS) is 18.3. The predicted molar refractivity (Wildman–Crippen MR) is 243 cm³/mol. The minimum absolute atomic E-state index is 0.0807. The number of aryl methyl sites for hydroxylation is 2. The van der Waals surface area contributed by atoms with Crippen LogP contribution in [0.5, 0.6) is 0 Å². The second-order valence-electron chi connectivity index (χ2n) is 16.0. The van der Waals surface area contributed by atoms with E-state index in [9.17, 15) is 23.5 Å². The van der Waals surface area contributed by atoms with Crippen molar-refractivity contribution in [2.45, 2.75) is 56.2 Å². The van der Waals surface area contributed by atoms with Gasteiger partial charge in [0.25, 0.3) is 5.91 Å². The Morgan fingerprint density at radius 1 is 1.00 bits per heavy atom. The lowest BCUT2D eigenvalue weighted by molar-refractivity contribution is -0.307. The summed E-state index contributed by atoms with van der Waals surface area (Å²) in [6, 6.07) is 18.9. The van der Waals surface area contributed by atoms with E-state index in [1.54, 1.807) is 72.6 Å². The number of anilines is 3. The number of hydrogen-bond acceptors (Lipinski definition) is 12. The third-order valence-electron chi connectivity index (χ3n) is 11.7. The molecule has 0 unspecified atom stereocenters. The van der Waals surface area contributed by atoms with Crippen molar-refractivity contribution in [1.29, 1.82) is 0 Å². The Labute approximate surface area is 384 Å². The number of amides is 2. The molecule has 5 atom stereocenters. The maximum absolute atomic E-state index is 14.9. The molecular weight excluding hydrogens is 872 g/mol. The van der Waals surface area contributed by atoms with Gasteiger partial charge in [0.15, 0.2) is 0 Å². The lowest BCUT2D eigenvalue weighted by Crippen LogP contribution is -2.38. The van der Waals surface area contributed by atoms with E-state index in [4.69, 9.17) is 21.4 Å². The summed E-state index contributed by atoms with van der Waals surface area (Å²) in [6.45, 7) is 4.57. The summed E-state index contributed by atoms with van der Waals surface area (Å²) in [5.74, 6) is -0.122. The minimum atomic E-state index is -1.30. The number of benzene rings is 2. The van der Waals surface area contributed by atoms with Crippen molar-refractivity contribution in [2.75, 3.05) is 37.4 Å². The third-order valence-corrected chi connectivity index (χ3v) is 12.0. The van der Waals surface area contributed by atoms with Crippen molar-refractivity contribution in [3.8, 4) is 11.3 Å². The van der Waals surface area contributed by atoms with Crippen LogP contribution in [0.25, 0.3) is 16.8 Å². The zero-order valence-corrected chi connectivity index (χ0v) is 36.9. The molecule has 2 amide bonds. The SMILES string of the molecule is C=C/C(=C\C(=O)N(C)[C@H](COOC[C@H](c1ccccc1)N1CCCn2cc(-c3ccnc(N[C@@H]4C[C@H](O)[C@@H](F)C4)n3)cc2C1=O)c1ccc(Cl)c(F)c1)c1ccnc(Nc2ccnn2C)n1. The number of hydrogen-bond donors (Lipinski definition) is 3. The largest absolute Gasteiger partial charge is 0.390 e. The number of carbonyl (C=O) groups is 2. The van der Waals surface area contributed by atoms with Gasteiger partial charge in [-0.25, -0.2) is 38.5 Å².